The second-order valence-electron chi connectivity index (χ2n) is 6.45. The first kappa shape index (κ1) is 15.0. The summed E-state index contributed by atoms with van der Waals surface area (Å²) in [6.45, 7) is 8.08. The summed E-state index contributed by atoms with van der Waals surface area (Å²) in [5.41, 5.74) is 1.55. The second-order valence-corrected chi connectivity index (χ2v) is 7.59. The van der Waals surface area contributed by atoms with Gasteiger partial charge in [0, 0.05) is 28.7 Å². The minimum Gasteiger partial charge on any atom is -0.315 e. The van der Waals surface area contributed by atoms with Crippen LogP contribution in [0.25, 0.3) is 10.1 Å². The van der Waals surface area contributed by atoms with Gasteiger partial charge in [-0.25, -0.2) is 0 Å². The molecule has 1 N–H and O–H groups in total. The molecule has 2 heterocycles. The van der Waals surface area contributed by atoms with E-state index in [0.29, 0.717) is 0 Å². The molecule has 1 unspecified atom stereocenters. The number of benzene rings is 1. The van der Waals surface area contributed by atoms with Crippen LogP contribution < -0.4 is 5.32 Å². The summed E-state index contributed by atoms with van der Waals surface area (Å²) in [5.74, 6) is 0.755. The first-order valence-corrected chi connectivity index (χ1v) is 8.90. The summed E-state index contributed by atoms with van der Waals surface area (Å²) >= 11 is 1.95. The van der Waals surface area contributed by atoms with Crippen LogP contribution in [-0.4, -0.2) is 24.5 Å². The van der Waals surface area contributed by atoms with Crippen molar-refractivity contribution in [3.63, 3.8) is 0 Å². The zero-order valence-electron chi connectivity index (χ0n) is 13.4. The van der Waals surface area contributed by atoms with Gasteiger partial charge in [0.2, 0.25) is 0 Å². The fourth-order valence-electron chi connectivity index (χ4n) is 3.63. The van der Waals surface area contributed by atoms with Gasteiger partial charge in [-0.3, -0.25) is 4.90 Å². The third-order valence-corrected chi connectivity index (χ3v) is 5.88. The van der Waals surface area contributed by atoms with Crippen LogP contribution in [0.2, 0.25) is 0 Å². The minimum absolute atomic E-state index is 0.755. The lowest BCUT2D eigenvalue weighted by Crippen LogP contribution is -2.33. The largest absolute Gasteiger partial charge is 0.315 e. The van der Waals surface area contributed by atoms with Gasteiger partial charge in [-0.1, -0.05) is 32.0 Å². The first-order valence-electron chi connectivity index (χ1n) is 8.08. The van der Waals surface area contributed by atoms with E-state index < -0.39 is 0 Å². The van der Waals surface area contributed by atoms with Crippen molar-refractivity contribution in [2.75, 3.05) is 13.6 Å². The third-order valence-electron chi connectivity index (χ3n) is 4.66. The van der Waals surface area contributed by atoms with E-state index in [1.165, 1.54) is 34.3 Å². The van der Waals surface area contributed by atoms with E-state index in [4.69, 9.17) is 0 Å². The average Bonchev–Trinajstić information content (AvgIpc) is 3.06. The Hall–Kier alpha value is -0.900. The van der Waals surface area contributed by atoms with E-state index in [-0.39, 0.29) is 0 Å². The molecule has 21 heavy (non-hydrogen) atoms. The molecule has 1 aliphatic rings. The van der Waals surface area contributed by atoms with Gasteiger partial charge < -0.3 is 5.32 Å². The van der Waals surface area contributed by atoms with Gasteiger partial charge in [-0.15, -0.1) is 11.3 Å². The molecule has 1 aliphatic heterocycles. The quantitative estimate of drug-likeness (QED) is 0.888. The lowest BCUT2D eigenvalue weighted by molar-refractivity contribution is 0.199. The van der Waals surface area contributed by atoms with Crippen molar-refractivity contribution in [1.82, 2.24) is 10.2 Å². The molecule has 3 rings (SSSR count). The molecule has 2 nitrogen and oxygen atoms in total. The Morgan fingerprint density at radius 1 is 1.33 bits per heavy atom. The van der Waals surface area contributed by atoms with Crippen LogP contribution in [0.1, 0.15) is 37.1 Å². The molecule has 0 bridgehead atoms. The Balaban J connectivity index is 1.93. The maximum Gasteiger partial charge on any atom is 0.0349 e. The van der Waals surface area contributed by atoms with Gasteiger partial charge in [0.1, 0.15) is 0 Å². The van der Waals surface area contributed by atoms with Gasteiger partial charge >= 0.3 is 0 Å². The fourth-order valence-corrected chi connectivity index (χ4v) is 4.86. The Morgan fingerprint density at radius 3 is 2.90 bits per heavy atom. The van der Waals surface area contributed by atoms with Crippen LogP contribution in [-0.2, 0) is 13.1 Å². The highest BCUT2D eigenvalue weighted by Crippen LogP contribution is 2.34. The Labute approximate surface area is 132 Å². The van der Waals surface area contributed by atoms with Crippen LogP contribution in [0.5, 0.6) is 0 Å². The van der Waals surface area contributed by atoms with Crippen LogP contribution in [0, 0.1) is 5.92 Å². The van der Waals surface area contributed by atoms with E-state index in [0.717, 1.165) is 25.0 Å². The Kier molecular flexibility index (Phi) is 4.63. The lowest BCUT2D eigenvalue weighted by Gasteiger charge is -2.27. The number of hydrogen-bond donors (Lipinski definition) is 1. The molecule has 1 atom stereocenters. The second kappa shape index (κ2) is 6.47. The van der Waals surface area contributed by atoms with Crippen LogP contribution >= 0.6 is 11.3 Å². The standard InChI is InChI=1S/C18H26N2S/c1-13(2)16-8-6-10-20(16)12-15-14-7-4-5-9-17(14)21-18(15)11-19-3/h4-5,7,9,13,16,19H,6,8,10-12H2,1-3H3. The summed E-state index contributed by atoms with van der Waals surface area (Å²) in [5, 5.41) is 4.80. The molecular weight excluding hydrogens is 276 g/mol. The number of likely N-dealkylation sites (tertiary alicyclic amines) is 1. The van der Waals surface area contributed by atoms with Gasteiger partial charge in [-0.2, -0.15) is 0 Å². The molecular formula is C18H26N2S. The normalized spacial score (nSPS) is 19.9. The number of thiophene rings is 1. The van der Waals surface area contributed by atoms with Gasteiger partial charge in [0.15, 0.2) is 0 Å². The predicted octanol–water partition coefficient (Wildman–Crippen LogP) is 4.24. The van der Waals surface area contributed by atoms with E-state index in [9.17, 15) is 0 Å². The van der Waals surface area contributed by atoms with Gasteiger partial charge in [0.25, 0.3) is 0 Å². The van der Waals surface area contributed by atoms with Crippen LogP contribution in [0.15, 0.2) is 24.3 Å². The number of nitrogens with zero attached hydrogens (tertiary/aromatic N) is 1. The number of nitrogens with one attached hydrogen (secondary N) is 1. The maximum atomic E-state index is 3.34. The summed E-state index contributed by atoms with van der Waals surface area (Å²) in [7, 11) is 2.04. The first-order chi connectivity index (χ1) is 10.2. The van der Waals surface area contributed by atoms with Crippen molar-refractivity contribution in [1.29, 1.82) is 0 Å². The summed E-state index contributed by atoms with van der Waals surface area (Å²) in [6, 6.07) is 9.63. The highest BCUT2D eigenvalue weighted by atomic mass is 32.1. The minimum atomic E-state index is 0.755. The molecule has 1 aromatic heterocycles. The average molecular weight is 302 g/mol. The molecule has 3 heteroatoms. The van der Waals surface area contributed by atoms with E-state index in [1.807, 2.05) is 18.4 Å². The highest BCUT2D eigenvalue weighted by Gasteiger charge is 2.28. The molecule has 1 fully saturated rings. The van der Waals surface area contributed by atoms with Gasteiger partial charge in [0.05, 0.1) is 0 Å². The molecule has 2 aromatic rings. The molecule has 114 valence electrons. The highest BCUT2D eigenvalue weighted by molar-refractivity contribution is 7.19. The summed E-state index contributed by atoms with van der Waals surface area (Å²) in [6.07, 6.45) is 2.72. The topological polar surface area (TPSA) is 15.3 Å². The monoisotopic (exact) mass is 302 g/mol. The number of fused-ring (bicyclic) bond motifs is 1. The van der Waals surface area contributed by atoms with Crippen molar-refractivity contribution < 1.29 is 0 Å². The smallest absolute Gasteiger partial charge is 0.0349 e. The molecule has 0 saturated carbocycles. The fraction of sp³-hybridized carbons (Fsp3) is 0.556. The van der Waals surface area contributed by atoms with Gasteiger partial charge in [-0.05, 0) is 49.4 Å². The van der Waals surface area contributed by atoms with Crippen LogP contribution in [0.3, 0.4) is 0 Å². The lowest BCUT2D eigenvalue weighted by atomic mass is 10.0. The zero-order chi connectivity index (χ0) is 14.8. The molecule has 0 spiro atoms. The van der Waals surface area contributed by atoms with Crippen molar-refractivity contribution in [2.24, 2.45) is 5.92 Å². The molecule has 1 saturated heterocycles. The zero-order valence-corrected chi connectivity index (χ0v) is 14.2. The Morgan fingerprint density at radius 2 is 2.14 bits per heavy atom. The van der Waals surface area contributed by atoms with E-state index in [1.54, 1.807) is 5.56 Å². The number of rotatable bonds is 5. The molecule has 0 amide bonds. The third kappa shape index (κ3) is 3.01. The van der Waals surface area contributed by atoms with Crippen molar-refractivity contribution in [3.05, 3.63) is 34.7 Å². The van der Waals surface area contributed by atoms with E-state index >= 15 is 0 Å². The van der Waals surface area contributed by atoms with Crippen molar-refractivity contribution in [3.8, 4) is 0 Å². The SMILES string of the molecule is CNCc1sc2ccccc2c1CN1CCCC1C(C)C. The van der Waals surface area contributed by atoms with E-state index in [2.05, 4.69) is 48.3 Å². The summed E-state index contributed by atoms with van der Waals surface area (Å²) in [4.78, 5) is 4.21. The molecule has 0 aliphatic carbocycles. The summed E-state index contributed by atoms with van der Waals surface area (Å²) < 4.78 is 1.43. The number of hydrogen-bond acceptors (Lipinski definition) is 3. The predicted molar refractivity (Wildman–Crippen MR) is 92.9 cm³/mol. The van der Waals surface area contributed by atoms with Crippen LogP contribution in [0.4, 0.5) is 0 Å². The Bertz CT molecular complexity index is 602. The van der Waals surface area contributed by atoms with Crippen molar-refractivity contribution in [2.45, 2.75) is 45.8 Å². The molecule has 1 aromatic carbocycles. The van der Waals surface area contributed by atoms with Crippen molar-refractivity contribution >= 4 is 21.4 Å². The maximum absolute atomic E-state index is 3.34. The molecule has 0 radical (unpaired) electrons.